The molecule has 0 fully saturated rings. The number of primary amides is 1. The first kappa shape index (κ1) is 21.0. The second-order valence-corrected chi connectivity index (χ2v) is 6.69. The van der Waals surface area contributed by atoms with Gasteiger partial charge in [0.2, 0.25) is 5.91 Å². The molecular weight excluding hydrogens is 389 g/mol. The van der Waals surface area contributed by atoms with Crippen molar-refractivity contribution in [3.63, 3.8) is 0 Å². The quantitative estimate of drug-likeness (QED) is 0.757. The van der Waals surface area contributed by atoms with E-state index in [1.165, 1.54) is 25.3 Å². The van der Waals surface area contributed by atoms with Crippen LogP contribution in [-0.2, 0) is 10.1 Å². The molecule has 0 aliphatic carbocycles. The molecule has 1 amide bonds. The molecular formula is C16H15Cl2NO5S. The van der Waals surface area contributed by atoms with Crippen LogP contribution in [0.25, 0.3) is 6.08 Å². The molecule has 0 aromatic heterocycles. The van der Waals surface area contributed by atoms with Gasteiger partial charge < -0.3 is 10.5 Å². The van der Waals surface area contributed by atoms with E-state index in [1.807, 2.05) is 0 Å². The van der Waals surface area contributed by atoms with E-state index in [2.05, 4.69) is 0 Å². The first-order valence-electron chi connectivity index (χ1n) is 6.67. The number of carbonyl (C=O) groups is 1. The van der Waals surface area contributed by atoms with Gasteiger partial charge >= 0.3 is 0 Å². The average Bonchev–Trinajstić information content (AvgIpc) is 2.52. The summed E-state index contributed by atoms with van der Waals surface area (Å²) >= 11 is 11.2. The number of rotatable bonds is 4. The summed E-state index contributed by atoms with van der Waals surface area (Å²) in [6.45, 7) is 0. The third kappa shape index (κ3) is 7.57. The molecule has 6 nitrogen and oxygen atoms in total. The van der Waals surface area contributed by atoms with Gasteiger partial charge in [-0.25, -0.2) is 0 Å². The number of methoxy groups -OCH3 is 1. The molecule has 134 valence electrons. The Morgan fingerprint density at radius 1 is 1.20 bits per heavy atom. The molecule has 2 aromatic rings. The molecule has 2 rings (SSSR count). The zero-order valence-corrected chi connectivity index (χ0v) is 15.3. The lowest BCUT2D eigenvalue weighted by Gasteiger charge is -2.02. The highest BCUT2D eigenvalue weighted by Gasteiger charge is 2.05. The molecule has 0 unspecified atom stereocenters. The second-order valence-electron chi connectivity index (χ2n) is 4.55. The smallest absolute Gasteiger partial charge is 0.287 e. The fraction of sp³-hybridized carbons (Fsp3) is 0.0625. The topological polar surface area (TPSA) is 107 Å². The average molecular weight is 404 g/mol. The van der Waals surface area contributed by atoms with E-state index in [-0.39, 0.29) is 10.6 Å². The van der Waals surface area contributed by atoms with Crippen LogP contribution in [0.4, 0.5) is 0 Å². The van der Waals surface area contributed by atoms with Gasteiger partial charge in [0.15, 0.2) is 0 Å². The summed E-state index contributed by atoms with van der Waals surface area (Å²) < 4.78 is 34.3. The van der Waals surface area contributed by atoms with Crippen molar-refractivity contribution < 1.29 is 22.5 Å². The minimum absolute atomic E-state index is 0.282. The zero-order valence-electron chi connectivity index (χ0n) is 13.0. The van der Waals surface area contributed by atoms with Gasteiger partial charge in [-0.1, -0.05) is 41.4 Å². The summed E-state index contributed by atoms with van der Waals surface area (Å²) in [4.78, 5) is 10.6. The van der Waals surface area contributed by atoms with Crippen LogP contribution in [0, 0.1) is 0 Å². The van der Waals surface area contributed by atoms with E-state index in [0.717, 1.165) is 0 Å². The van der Waals surface area contributed by atoms with Crippen LogP contribution in [-0.4, -0.2) is 26.0 Å². The van der Waals surface area contributed by atoms with Crippen molar-refractivity contribution in [3.8, 4) is 5.75 Å². The van der Waals surface area contributed by atoms with Gasteiger partial charge in [0.1, 0.15) is 5.75 Å². The zero-order chi connectivity index (χ0) is 19.0. The summed E-state index contributed by atoms with van der Waals surface area (Å²) in [5.41, 5.74) is 5.88. The fourth-order valence-electron chi connectivity index (χ4n) is 1.65. The van der Waals surface area contributed by atoms with Crippen LogP contribution >= 0.6 is 23.2 Å². The van der Waals surface area contributed by atoms with Crippen LogP contribution in [0.1, 0.15) is 15.9 Å². The van der Waals surface area contributed by atoms with Gasteiger partial charge in [-0.3, -0.25) is 9.35 Å². The largest absolute Gasteiger partial charge is 0.496 e. The van der Waals surface area contributed by atoms with E-state index < -0.39 is 16.0 Å². The van der Waals surface area contributed by atoms with Gasteiger partial charge in [0.05, 0.1) is 23.1 Å². The molecule has 0 bridgehead atoms. The van der Waals surface area contributed by atoms with E-state index in [9.17, 15) is 13.2 Å². The number of hydrogen-bond acceptors (Lipinski definition) is 4. The van der Waals surface area contributed by atoms with E-state index >= 15 is 0 Å². The molecule has 2 aromatic carbocycles. The lowest BCUT2D eigenvalue weighted by Crippen LogP contribution is -2.11. The van der Waals surface area contributed by atoms with Crippen molar-refractivity contribution >= 4 is 45.3 Å². The monoisotopic (exact) mass is 403 g/mol. The summed E-state index contributed by atoms with van der Waals surface area (Å²) in [5.74, 6) is -0.000864. The fourth-order valence-corrected chi connectivity index (χ4v) is 2.47. The molecule has 0 radical (unpaired) electrons. The molecule has 0 saturated heterocycles. The molecule has 0 aliphatic heterocycles. The lowest BCUT2D eigenvalue weighted by molar-refractivity contribution is 0.100. The maximum atomic E-state index is 10.6. The molecule has 25 heavy (non-hydrogen) atoms. The van der Waals surface area contributed by atoms with Gasteiger partial charge in [0.25, 0.3) is 10.1 Å². The van der Waals surface area contributed by atoms with Crippen molar-refractivity contribution in [3.05, 3.63) is 69.0 Å². The van der Waals surface area contributed by atoms with E-state index in [0.29, 0.717) is 21.7 Å². The summed E-state index contributed by atoms with van der Waals surface area (Å²) in [7, 11) is -2.60. The Bertz CT molecular complexity index is 882. The Hall–Kier alpha value is -2.06. The Balaban J connectivity index is 0.000000257. The van der Waals surface area contributed by atoms with Crippen LogP contribution in [0.3, 0.4) is 0 Å². The molecule has 0 spiro atoms. The summed E-state index contributed by atoms with van der Waals surface area (Å²) in [5, 5.41) is 1.48. The number of halogens is 2. The number of ether oxygens (including phenoxy) is 1. The highest BCUT2D eigenvalue weighted by atomic mass is 35.5. The van der Waals surface area contributed by atoms with Crippen molar-refractivity contribution in [2.24, 2.45) is 5.73 Å². The Morgan fingerprint density at radius 2 is 1.84 bits per heavy atom. The summed E-state index contributed by atoms with van der Waals surface area (Å²) in [6.07, 6.45) is 1.27. The lowest BCUT2D eigenvalue weighted by atomic mass is 10.2. The number of carbonyl (C=O) groups excluding carboxylic acids is 1. The highest BCUT2D eigenvalue weighted by molar-refractivity contribution is 7.88. The number of hydrogen-bond donors (Lipinski definition) is 2. The number of amides is 1. The molecule has 0 aliphatic rings. The van der Waals surface area contributed by atoms with Gasteiger partial charge in [0, 0.05) is 10.6 Å². The third-order valence-electron chi connectivity index (χ3n) is 2.76. The van der Waals surface area contributed by atoms with E-state index in [1.54, 1.807) is 30.3 Å². The third-order valence-corrected chi connectivity index (χ3v) is 3.78. The van der Waals surface area contributed by atoms with Crippen LogP contribution in [0.2, 0.25) is 10.0 Å². The van der Waals surface area contributed by atoms with Crippen molar-refractivity contribution in [2.45, 2.75) is 0 Å². The normalized spacial score (nSPS) is 10.9. The standard InChI is InChI=1S/C9H10O4S.C7H5Cl2NO/c1-13-9-5-3-2-4-8(9)6-7-14(10,11)12;8-4-1-2-5(7(10)11)6(9)3-4/h2-7H,1H3,(H,10,11,12);1-3H,(H2,10,11)/b7-6+;. The minimum Gasteiger partial charge on any atom is -0.496 e. The molecule has 0 saturated carbocycles. The summed E-state index contributed by atoms with van der Waals surface area (Å²) in [6, 6.07) is 11.4. The number of nitrogens with two attached hydrogens (primary N) is 1. The Kier molecular flexibility index (Phi) is 7.92. The maximum absolute atomic E-state index is 10.6. The van der Waals surface area contributed by atoms with Gasteiger partial charge in [-0.05, 0) is 30.3 Å². The molecule has 0 heterocycles. The van der Waals surface area contributed by atoms with Crippen LogP contribution in [0.5, 0.6) is 5.75 Å². The number of benzene rings is 2. The van der Waals surface area contributed by atoms with Gasteiger partial charge in [-0.2, -0.15) is 8.42 Å². The first-order chi connectivity index (χ1) is 11.6. The second kappa shape index (κ2) is 9.43. The maximum Gasteiger partial charge on any atom is 0.287 e. The first-order valence-corrected chi connectivity index (χ1v) is 8.93. The predicted molar refractivity (Wildman–Crippen MR) is 98.6 cm³/mol. The highest BCUT2D eigenvalue weighted by Crippen LogP contribution is 2.20. The number of para-hydroxylation sites is 1. The minimum atomic E-state index is -4.08. The predicted octanol–water partition coefficient (Wildman–Crippen LogP) is 3.65. The van der Waals surface area contributed by atoms with Gasteiger partial charge in [-0.15, -0.1) is 0 Å². The van der Waals surface area contributed by atoms with Crippen molar-refractivity contribution in [2.75, 3.05) is 7.11 Å². The van der Waals surface area contributed by atoms with E-state index in [4.69, 9.17) is 38.2 Å². The molecule has 9 heteroatoms. The molecule has 0 atom stereocenters. The van der Waals surface area contributed by atoms with Crippen LogP contribution < -0.4 is 10.5 Å². The molecule has 3 N–H and O–H groups in total. The Labute approximate surface area is 155 Å². The SMILES string of the molecule is COc1ccccc1/C=C/S(=O)(=O)O.NC(=O)c1ccc(Cl)cc1Cl. The Morgan fingerprint density at radius 3 is 2.36 bits per heavy atom. The van der Waals surface area contributed by atoms with Crippen LogP contribution in [0.15, 0.2) is 47.9 Å². The van der Waals surface area contributed by atoms with Crippen molar-refractivity contribution in [1.29, 1.82) is 0 Å². The van der Waals surface area contributed by atoms with Crippen molar-refractivity contribution in [1.82, 2.24) is 0 Å².